The maximum absolute atomic E-state index is 5.55. The molecule has 0 bridgehead atoms. The molecule has 0 aliphatic rings. The third kappa shape index (κ3) is 6.08. The fourth-order valence-electron chi connectivity index (χ4n) is 2.62. The van der Waals surface area contributed by atoms with Crippen LogP contribution in [0.2, 0.25) is 0 Å². The lowest BCUT2D eigenvalue weighted by Crippen LogP contribution is -2.30. The third-order valence-electron chi connectivity index (χ3n) is 3.96. The number of methoxy groups -OCH3 is 1. The number of aliphatic imine (C=N–C) groups is 1. The second-order valence-electron chi connectivity index (χ2n) is 5.82. The van der Waals surface area contributed by atoms with Gasteiger partial charge in [0.15, 0.2) is 23.3 Å². The van der Waals surface area contributed by atoms with Crippen LogP contribution in [0.4, 0.5) is 5.69 Å². The first kappa shape index (κ1) is 22.5. The van der Waals surface area contributed by atoms with Gasteiger partial charge in [0.25, 0.3) is 0 Å². The van der Waals surface area contributed by atoms with Crippen LogP contribution in [-0.4, -0.2) is 41.5 Å². The Morgan fingerprint density at radius 3 is 2.72 bits per heavy atom. The molecule has 0 atom stereocenters. The average molecular weight is 508 g/mol. The van der Waals surface area contributed by atoms with Crippen molar-refractivity contribution in [3.63, 3.8) is 0 Å². The highest BCUT2D eigenvalue weighted by Crippen LogP contribution is 2.30. The molecule has 2 heterocycles. The van der Waals surface area contributed by atoms with E-state index in [1.807, 2.05) is 49.5 Å². The van der Waals surface area contributed by atoms with Crippen molar-refractivity contribution < 1.29 is 9.47 Å². The summed E-state index contributed by atoms with van der Waals surface area (Å²) in [5.74, 6) is 2.79. The highest BCUT2D eigenvalue weighted by Gasteiger charge is 2.07. The van der Waals surface area contributed by atoms with Gasteiger partial charge in [0.2, 0.25) is 0 Å². The van der Waals surface area contributed by atoms with Crippen LogP contribution in [-0.2, 0) is 6.54 Å². The molecule has 2 aromatic heterocycles. The van der Waals surface area contributed by atoms with Crippen LogP contribution < -0.4 is 20.1 Å². The standard InChI is InChI=1S/C20H24N6O2.HI/c1-4-28-17-7-6-16(13-18(17)27-3)25-20(21-2)23-14-15-8-10-22-19(12-15)26-11-5-9-24-26;/h5-13H,4,14H2,1-3H3,(H2,21,23,25);1H. The first-order valence-corrected chi connectivity index (χ1v) is 8.97. The van der Waals surface area contributed by atoms with Crippen LogP contribution >= 0.6 is 24.0 Å². The van der Waals surface area contributed by atoms with E-state index in [9.17, 15) is 0 Å². The van der Waals surface area contributed by atoms with Crippen LogP contribution in [0.3, 0.4) is 0 Å². The lowest BCUT2D eigenvalue weighted by Gasteiger charge is -2.15. The maximum atomic E-state index is 5.55. The number of guanidine groups is 1. The number of hydrogen-bond acceptors (Lipinski definition) is 5. The van der Waals surface area contributed by atoms with Gasteiger partial charge in [-0.1, -0.05) is 0 Å². The van der Waals surface area contributed by atoms with Gasteiger partial charge in [-0.3, -0.25) is 4.99 Å². The first-order valence-electron chi connectivity index (χ1n) is 8.97. The summed E-state index contributed by atoms with van der Waals surface area (Å²) >= 11 is 0. The molecule has 1 aromatic carbocycles. The zero-order chi connectivity index (χ0) is 19.8. The van der Waals surface area contributed by atoms with Crippen molar-refractivity contribution in [1.82, 2.24) is 20.1 Å². The topological polar surface area (TPSA) is 85.6 Å². The summed E-state index contributed by atoms with van der Waals surface area (Å²) in [6.45, 7) is 3.11. The largest absolute Gasteiger partial charge is 0.493 e. The SMILES string of the molecule is CCOc1ccc(NC(=NC)NCc2ccnc(-n3cccn3)c2)cc1OC.I. The number of rotatable bonds is 7. The monoisotopic (exact) mass is 508 g/mol. The minimum Gasteiger partial charge on any atom is -0.493 e. The molecule has 9 heteroatoms. The van der Waals surface area contributed by atoms with Gasteiger partial charge in [-0.25, -0.2) is 9.67 Å². The zero-order valence-electron chi connectivity index (χ0n) is 16.6. The Bertz CT molecular complexity index is 930. The number of pyridine rings is 1. The molecule has 0 aliphatic carbocycles. The second-order valence-corrected chi connectivity index (χ2v) is 5.82. The van der Waals surface area contributed by atoms with Gasteiger partial charge >= 0.3 is 0 Å². The molecule has 0 amide bonds. The van der Waals surface area contributed by atoms with E-state index in [0.717, 1.165) is 17.1 Å². The molecule has 3 rings (SSSR count). The van der Waals surface area contributed by atoms with Gasteiger partial charge in [-0.2, -0.15) is 5.10 Å². The number of nitrogens with zero attached hydrogens (tertiary/aromatic N) is 4. The Kier molecular flexibility index (Phi) is 8.71. The van der Waals surface area contributed by atoms with Crippen molar-refractivity contribution >= 4 is 35.6 Å². The van der Waals surface area contributed by atoms with E-state index in [4.69, 9.17) is 9.47 Å². The highest BCUT2D eigenvalue weighted by molar-refractivity contribution is 14.0. The van der Waals surface area contributed by atoms with E-state index in [2.05, 4.69) is 25.7 Å². The molecule has 8 nitrogen and oxygen atoms in total. The molecule has 0 saturated heterocycles. The number of halogens is 1. The van der Waals surface area contributed by atoms with Crippen molar-refractivity contribution in [2.24, 2.45) is 4.99 Å². The molecular formula is C20H25IN6O2. The minimum atomic E-state index is 0. The quantitative estimate of drug-likeness (QED) is 0.289. The van der Waals surface area contributed by atoms with Crippen molar-refractivity contribution in [3.8, 4) is 17.3 Å². The Balaban J connectivity index is 0.00000300. The Hall–Kier alpha value is -2.82. The van der Waals surface area contributed by atoms with Crippen LogP contribution in [0.1, 0.15) is 12.5 Å². The summed E-state index contributed by atoms with van der Waals surface area (Å²) in [5, 5.41) is 10.8. The average Bonchev–Trinajstić information content (AvgIpc) is 3.27. The van der Waals surface area contributed by atoms with E-state index >= 15 is 0 Å². The molecule has 0 radical (unpaired) electrons. The predicted octanol–water partition coefficient (Wildman–Crippen LogP) is 3.48. The van der Waals surface area contributed by atoms with Gasteiger partial charge < -0.3 is 20.1 Å². The molecule has 0 unspecified atom stereocenters. The second kappa shape index (κ2) is 11.2. The van der Waals surface area contributed by atoms with Gasteiger partial charge in [-0.05, 0) is 42.8 Å². The zero-order valence-corrected chi connectivity index (χ0v) is 19.0. The number of ether oxygens (including phenoxy) is 2. The lowest BCUT2D eigenvalue weighted by atomic mass is 10.2. The fraction of sp³-hybridized carbons (Fsp3) is 0.250. The van der Waals surface area contributed by atoms with Gasteiger partial charge in [0.05, 0.1) is 13.7 Å². The molecule has 0 saturated carbocycles. The number of benzene rings is 1. The molecule has 154 valence electrons. The summed E-state index contributed by atoms with van der Waals surface area (Å²) < 4.78 is 12.7. The number of nitrogens with one attached hydrogen (secondary N) is 2. The van der Waals surface area contributed by atoms with Gasteiger partial charge in [0.1, 0.15) is 0 Å². The molecule has 0 spiro atoms. The third-order valence-corrected chi connectivity index (χ3v) is 3.96. The summed E-state index contributed by atoms with van der Waals surface area (Å²) in [6, 6.07) is 11.5. The number of hydrogen-bond donors (Lipinski definition) is 2. The molecule has 0 fully saturated rings. The van der Waals surface area contributed by atoms with E-state index in [0.29, 0.717) is 30.6 Å². The summed E-state index contributed by atoms with van der Waals surface area (Å²) in [6.07, 6.45) is 5.35. The Morgan fingerprint density at radius 1 is 1.17 bits per heavy atom. The summed E-state index contributed by atoms with van der Waals surface area (Å²) in [4.78, 5) is 8.61. The normalized spacial score (nSPS) is 10.8. The minimum absolute atomic E-state index is 0. The summed E-state index contributed by atoms with van der Waals surface area (Å²) in [7, 11) is 3.35. The predicted molar refractivity (Wildman–Crippen MR) is 125 cm³/mol. The molecule has 0 aliphatic heterocycles. The van der Waals surface area contributed by atoms with Crippen LogP contribution in [0.15, 0.2) is 60.0 Å². The Morgan fingerprint density at radius 2 is 2.03 bits per heavy atom. The van der Waals surface area contributed by atoms with Gasteiger partial charge in [0, 0.05) is 43.9 Å². The molecule has 29 heavy (non-hydrogen) atoms. The van der Waals surface area contributed by atoms with Gasteiger partial charge in [-0.15, -0.1) is 24.0 Å². The number of aromatic nitrogens is 3. The molecule has 2 N–H and O–H groups in total. The van der Waals surface area contributed by atoms with Crippen LogP contribution in [0, 0.1) is 0 Å². The van der Waals surface area contributed by atoms with Crippen LogP contribution in [0.25, 0.3) is 5.82 Å². The smallest absolute Gasteiger partial charge is 0.195 e. The van der Waals surface area contributed by atoms with Crippen molar-refractivity contribution in [2.75, 3.05) is 26.1 Å². The van der Waals surface area contributed by atoms with Crippen molar-refractivity contribution in [1.29, 1.82) is 0 Å². The first-order chi connectivity index (χ1) is 13.7. The van der Waals surface area contributed by atoms with Crippen molar-refractivity contribution in [2.45, 2.75) is 13.5 Å². The van der Waals surface area contributed by atoms with E-state index in [1.165, 1.54) is 0 Å². The van der Waals surface area contributed by atoms with Crippen molar-refractivity contribution in [3.05, 3.63) is 60.6 Å². The fourth-order valence-corrected chi connectivity index (χ4v) is 2.62. The van der Waals surface area contributed by atoms with E-state index < -0.39 is 0 Å². The van der Waals surface area contributed by atoms with E-state index in [-0.39, 0.29) is 24.0 Å². The Labute approximate surface area is 187 Å². The lowest BCUT2D eigenvalue weighted by molar-refractivity contribution is 0.311. The highest BCUT2D eigenvalue weighted by atomic mass is 127. The summed E-state index contributed by atoms with van der Waals surface area (Å²) in [5.41, 5.74) is 1.91. The molecular weight excluding hydrogens is 483 g/mol. The number of anilines is 1. The molecule has 3 aromatic rings. The van der Waals surface area contributed by atoms with Crippen LogP contribution in [0.5, 0.6) is 11.5 Å². The maximum Gasteiger partial charge on any atom is 0.195 e. The van der Waals surface area contributed by atoms with E-state index in [1.54, 1.807) is 31.2 Å².